The first kappa shape index (κ1) is 35.4. The SMILES string of the molecule is COP(=O)(OC[C@H]1O[C@@H](C2CCCC2)CS1)OP(=O)(OC)OP(=O)(OC)OP(=O)(OC)OC1CCCCCCC1. The van der Waals surface area contributed by atoms with Crippen LogP contribution in [-0.2, 0) is 63.1 Å². The van der Waals surface area contributed by atoms with Crippen LogP contribution < -0.4 is 0 Å². The summed E-state index contributed by atoms with van der Waals surface area (Å²) in [5, 5.41) is 0. The van der Waals surface area contributed by atoms with Crippen LogP contribution in [0.3, 0.4) is 0 Å². The van der Waals surface area contributed by atoms with Crippen molar-refractivity contribution in [2.75, 3.05) is 40.8 Å². The minimum absolute atomic E-state index is 0.0724. The van der Waals surface area contributed by atoms with Crippen molar-refractivity contribution in [1.82, 2.24) is 0 Å². The summed E-state index contributed by atoms with van der Waals surface area (Å²) in [6.45, 7) is -0.213. The van der Waals surface area contributed by atoms with Gasteiger partial charge in [0.15, 0.2) is 0 Å². The highest BCUT2D eigenvalue weighted by atomic mass is 32.2. The molecule has 0 radical (unpaired) electrons. The van der Waals surface area contributed by atoms with Crippen molar-refractivity contribution in [3.8, 4) is 0 Å². The van der Waals surface area contributed by atoms with Crippen molar-refractivity contribution in [1.29, 1.82) is 0 Å². The molecular formula is C21H42O14P4S. The molecule has 19 heteroatoms. The number of phosphoric ester groups is 2. The van der Waals surface area contributed by atoms with Gasteiger partial charge >= 0.3 is 31.3 Å². The van der Waals surface area contributed by atoms with E-state index in [4.69, 9.17) is 44.8 Å². The van der Waals surface area contributed by atoms with Crippen LogP contribution in [0, 0.1) is 5.92 Å². The second kappa shape index (κ2) is 16.3. The molecule has 0 N–H and O–H groups in total. The Kier molecular flexibility index (Phi) is 14.4. The third-order valence-corrected chi connectivity index (χ3v) is 15.6. The molecule has 2 saturated carbocycles. The van der Waals surface area contributed by atoms with Crippen LogP contribution >= 0.6 is 43.1 Å². The molecule has 1 heterocycles. The standard InChI is InChI=1S/C21H42O14P4S/c1-26-36(22,30-16-21-31-20(17-40-21)18-12-10-11-13-18)33-38(24,28-3)35-39(25,29-4)34-37(23,27-2)32-19-14-8-6-5-7-9-15-19/h18-21H,5-17H2,1-4H3/t20-,21+,36?,37?,38?,39?/m1/s1. The van der Waals surface area contributed by atoms with Gasteiger partial charge in [0.2, 0.25) is 0 Å². The van der Waals surface area contributed by atoms with Crippen molar-refractivity contribution < 1.29 is 63.1 Å². The summed E-state index contributed by atoms with van der Waals surface area (Å²) in [6, 6.07) is 0. The van der Waals surface area contributed by atoms with Crippen molar-refractivity contribution in [3.05, 3.63) is 0 Å². The van der Waals surface area contributed by atoms with Gasteiger partial charge in [-0.2, -0.15) is 12.9 Å². The molecule has 3 rings (SSSR count). The van der Waals surface area contributed by atoms with Crippen LogP contribution in [0.5, 0.6) is 0 Å². The molecular weight excluding hydrogens is 632 g/mol. The largest absolute Gasteiger partial charge is 0.492 e. The van der Waals surface area contributed by atoms with Gasteiger partial charge in [-0.15, -0.1) is 11.8 Å². The maximum absolute atomic E-state index is 13.3. The molecule has 4 unspecified atom stereocenters. The van der Waals surface area contributed by atoms with Gasteiger partial charge < -0.3 is 4.74 Å². The zero-order chi connectivity index (χ0) is 29.3. The minimum atomic E-state index is -5.02. The van der Waals surface area contributed by atoms with Crippen molar-refractivity contribution in [3.63, 3.8) is 0 Å². The summed E-state index contributed by atoms with van der Waals surface area (Å²) in [6.07, 6.45) is 10.1. The van der Waals surface area contributed by atoms with Crippen molar-refractivity contribution >= 4 is 43.1 Å². The maximum Gasteiger partial charge on any atom is 0.492 e. The topological polar surface area (TPSA) is 161 Å². The van der Waals surface area contributed by atoms with Gasteiger partial charge in [0, 0.05) is 34.2 Å². The van der Waals surface area contributed by atoms with E-state index in [-0.39, 0.29) is 12.7 Å². The lowest BCUT2D eigenvalue weighted by molar-refractivity contribution is 0.00413. The van der Waals surface area contributed by atoms with E-state index in [9.17, 15) is 18.3 Å². The number of ether oxygens (including phenoxy) is 1. The van der Waals surface area contributed by atoms with Crippen molar-refractivity contribution in [2.45, 2.75) is 88.3 Å². The Morgan fingerprint density at radius 3 is 1.68 bits per heavy atom. The van der Waals surface area contributed by atoms with Crippen LogP contribution in [0.1, 0.15) is 70.6 Å². The van der Waals surface area contributed by atoms with Gasteiger partial charge in [0.25, 0.3) is 0 Å². The zero-order valence-electron chi connectivity index (χ0n) is 23.4. The number of hydrogen-bond donors (Lipinski definition) is 0. The Hall–Kier alpha value is 0.870. The Morgan fingerprint density at radius 2 is 1.12 bits per heavy atom. The lowest BCUT2D eigenvalue weighted by Gasteiger charge is -2.27. The number of thioether (sulfide) groups is 1. The van der Waals surface area contributed by atoms with Gasteiger partial charge in [0.05, 0.1) is 18.8 Å². The van der Waals surface area contributed by atoms with Gasteiger partial charge in [0.1, 0.15) is 5.44 Å². The second-order valence-corrected chi connectivity index (χ2v) is 18.3. The average Bonchev–Trinajstić information content (AvgIpc) is 3.61. The summed E-state index contributed by atoms with van der Waals surface area (Å²) >= 11 is 1.50. The summed E-state index contributed by atoms with van der Waals surface area (Å²) in [5.74, 6) is 1.25. The fourth-order valence-corrected chi connectivity index (χ4v) is 12.7. The van der Waals surface area contributed by atoms with E-state index >= 15 is 0 Å². The van der Waals surface area contributed by atoms with E-state index in [1.165, 1.54) is 24.6 Å². The maximum atomic E-state index is 13.3. The summed E-state index contributed by atoms with van der Waals surface area (Å²) in [4.78, 5) is 0. The smallest absolute Gasteiger partial charge is 0.361 e. The third-order valence-electron chi connectivity index (χ3n) is 6.89. The monoisotopic (exact) mass is 674 g/mol. The molecule has 0 bridgehead atoms. The lowest BCUT2D eigenvalue weighted by atomic mass is 9.99. The third kappa shape index (κ3) is 10.8. The molecule has 1 aliphatic heterocycles. The van der Waals surface area contributed by atoms with E-state index < -0.39 is 42.8 Å². The summed E-state index contributed by atoms with van der Waals surface area (Å²) in [5.41, 5.74) is -0.452. The lowest BCUT2D eigenvalue weighted by Crippen LogP contribution is -2.22. The minimum Gasteiger partial charge on any atom is -0.361 e. The van der Waals surface area contributed by atoms with E-state index in [0.29, 0.717) is 18.8 Å². The first-order valence-electron chi connectivity index (χ1n) is 13.4. The molecule has 0 aromatic heterocycles. The summed E-state index contributed by atoms with van der Waals surface area (Å²) in [7, 11) is -15.4. The average molecular weight is 675 g/mol. The Labute approximate surface area is 240 Å². The predicted octanol–water partition coefficient (Wildman–Crippen LogP) is 7.85. The van der Waals surface area contributed by atoms with Crippen LogP contribution in [0.25, 0.3) is 0 Å². The quantitative estimate of drug-likeness (QED) is 0.145. The molecule has 0 amide bonds. The van der Waals surface area contributed by atoms with E-state index in [0.717, 1.165) is 79.1 Å². The van der Waals surface area contributed by atoms with Gasteiger partial charge in [-0.1, -0.05) is 44.9 Å². The van der Waals surface area contributed by atoms with Gasteiger partial charge in [-0.05, 0) is 31.6 Å². The number of phosphoric acid groups is 4. The fourth-order valence-electron chi connectivity index (χ4n) is 4.73. The molecule has 3 aliphatic rings. The molecule has 3 fully saturated rings. The van der Waals surface area contributed by atoms with Gasteiger partial charge in [-0.25, -0.2) is 18.3 Å². The molecule has 2 aliphatic carbocycles. The molecule has 236 valence electrons. The molecule has 0 aromatic rings. The van der Waals surface area contributed by atoms with Gasteiger partial charge in [-0.3, -0.25) is 27.1 Å². The van der Waals surface area contributed by atoms with Crippen LogP contribution in [-0.4, -0.2) is 58.4 Å². The summed E-state index contributed by atoms with van der Waals surface area (Å²) < 4.78 is 104. The Morgan fingerprint density at radius 1 is 0.650 bits per heavy atom. The molecule has 40 heavy (non-hydrogen) atoms. The van der Waals surface area contributed by atoms with E-state index in [1.807, 2.05) is 0 Å². The van der Waals surface area contributed by atoms with E-state index in [1.54, 1.807) is 0 Å². The first-order valence-corrected chi connectivity index (χ1v) is 20.2. The molecule has 1 saturated heterocycles. The highest BCUT2D eigenvalue weighted by Crippen LogP contribution is 2.76. The molecule has 0 aromatic carbocycles. The first-order chi connectivity index (χ1) is 19.0. The number of hydrogen-bond acceptors (Lipinski definition) is 15. The normalized spacial score (nSPS) is 29.6. The zero-order valence-corrected chi connectivity index (χ0v) is 27.8. The van der Waals surface area contributed by atoms with Crippen LogP contribution in [0.2, 0.25) is 0 Å². The van der Waals surface area contributed by atoms with Crippen LogP contribution in [0.4, 0.5) is 0 Å². The van der Waals surface area contributed by atoms with Crippen molar-refractivity contribution in [2.24, 2.45) is 5.92 Å². The molecule has 6 atom stereocenters. The highest BCUT2D eigenvalue weighted by Gasteiger charge is 2.50. The van der Waals surface area contributed by atoms with Crippen LogP contribution in [0.15, 0.2) is 0 Å². The fraction of sp³-hybridized carbons (Fsp3) is 1.00. The second-order valence-electron chi connectivity index (χ2n) is 9.61. The Balaban J connectivity index is 1.61. The van der Waals surface area contributed by atoms with E-state index in [2.05, 4.69) is 0 Å². The highest BCUT2D eigenvalue weighted by molar-refractivity contribution is 8.00. The number of rotatable bonds is 16. The molecule has 0 spiro atoms. The Bertz CT molecular complexity index is 971. The molecule has 14 nitrogen and oxygen atoms in total. The predicted molar refractivity (Wildman–Crippen MR) is 148 cm³/mol.